The van der Waals surface area contributed by atoms with Crippen molar-refractivity contribution in [1.82, 2.24) is 15.5 Å². The Morgan fingerprint density at radius 3 is 2.88 bits per heavy atom. The first-order valence-corrected chi connectivity index (χ1v) is 8.28. The summed E-state index contributed by atoms with van der Waals surface area (Å²) in [7, 11) is 0. The Morgan fingerprint density at radius 1 is 1.29 bits per heavy atom. The maximum atomic E-state index is 12.7. The summed E-state index contributed by atoms with van der Waals surface area (Å²) in [6.07, 6.45) is 1.55. The van der Waals surface area contributed by atoms with E-state index in [0.717, 1.165) is 24.1 Å². The van der Waals surface area contributed by atoms with Gasteiger partial charge in [0.15, 0.2) is 0 Å². The molecule has 1 saturated heterocycles. The van der Waals surface area contributed by atoms with Crippen LogP contribution in [0.2, 0.25) is 0 Å². The van der Waals surface area contributed by atoms with Gasteiger partial charge in [0.05, 0.1) is 0 Å². The minimum atomic E-state index is -0.569. The Bertz CT molecular complexity index is 674. The van der Waals surface area contributed by atoms with Crippen molar-refractivity contribution in [3.05, 3.63) is 34.9 Å². The van der Waals surface area contributed by atoms with Gasteiger partial charge in [0, 0.05) is 25.1 Å². The number of nitrogens with two attached hydrogens (primary N) is 1. The molecule has 0 aliphatic carbocycles. The molecule has 24 heavy (non-hydrogen) atoms. The summed E-state index contributed by atoms with van der Waals surface area (Å²) in [5, 5.41) is 5.64. The van der Waals surface area contributed by atoms with Crippen molar-refractivity contribution in [1.29, 1.82) is 0 Å². The van der Waals surface area contributed by atoms with Crippen molar-refractivity contribution in [3.63, 3.8) is 0 Å². The van der Waals surface area contributed by atoms with Gasteiger partial charge in [0.25, 0.3) is 5.91 Å². The summed E-state index contributed by atoms with van der Waals surface area (Å²) in [5.74, 6) is -0.788. The van der Waals surface area contributed by atoms with Crippen LogP contribution < -0.4 is 16.4 Å². The molecular weight excluding hydrogens is 308 g/mol. The second-order valence-electron chi connectivity index (χ2n) is 6.16. The van der Waals surface area contributed by atoms with Crippen LogP contribution in [0, 0.1) is 0 Å². The summed E-state index contributed by atoms with van der Waals surface area (Å²) in [5.41, 5.74) is 8.17. The molecule has 1 unspecified atom stereocenters. The summed E-state index contributed by atoms with van der Waals surface area (Å²) < 4.78 is 0. The number of nitrogens with one attached hydrogen (secondary N) is 2. The number of piperidine rings is 1. The van der Waals surface area contributed by atoms with Crippen LogP contribution >= 0.6 is 0 Å². The molecule has 0 saturated carbocycles. The van der Waals surface area contributed by atoms with E-state index in [9.17, 15) is 14.4 Å². The number of hydrogen-bond donors (Lipinski definition) is 3. The average Bonchev–Trinajstić information content (AvgIpc) is 2.89. The van der Waals surface area contributed by atoms with Crippen LogP contribution in [-0.2, 0) is 22.7 Å². The van der Waals surface area contributed by atoms with Crippen molar-refractivity contribution in [2.24, 2.45) is 5.73 Å². The number of carbonyl (C=O) groups excluding carboxylic acids is 3. The molecule has 4 N–H and O–H groups in total. The van der Waals surface area contributed by atoms with E-state index in [4.69, 9.17) is 5.73 Å². The quantitative estimate of drug-likeness (QED) is 0.498. The highest BCUT2D eigenvalue weighted by Gasteiger charge is 2.39. The fourth-order valence-electron chi connectivity index (χ4n) is 3.27. The Labute approximate surface area is 140 Å². The van der Waals surface area contributed by atoms with Crippen molar-refractivity contribution in [3.8, 4) is 0 Å². The van der Waals surface area contributed by atoms with Gasteiger partial charge in [-0.15, -0.1) is 0 Å². The Kier molecular flexibility index (Phi) is 4.92. The first kappa shape index (κ1) is 16.6. The van der Waals surface area contributed by atoms with E-state index in [1.165, 1.54) is 0 Å². The van der Waals surface area contributed by atoms with Crippen LogP contribution in [0.3, 0.4) is 0 Å². The molecule has 2 heterocycles. The molecule has 3 amide bonds. The van der Waals surface area contributed by atoms with Gasteiger partial charge in [-0.1, -0.05) is 12.1 Å². The van der Waals surface area contributed by atoms with E-state index in [2.05, 4.69) is 10.6 Å². The van der Waals surface area contributed by atoms with Crippen molar-refractivity contribution < 1.29 is 14.4 Å². The van der Waals surface area contributed by atoms with Gasteiger partial charge in [-0.05, 0) is 43.1 Å². The highest BCUT2D eigenvalue weighted by molar-refractivity contribution is 6.05. The second-order valence-corrected chi connectivity index (χ2v) is 6.16. The average molecular weight is 330 g/mol. The second kappa shape index (κ2) is 7.11. The highest BCUT2D eigenvalue weighted by Crippen LogP contribution is 2.29. The van der Waals surface area contributed by atoms with Gasteiger partial charge >= 0.3 is 0 Å². The van der Waals surface area contributed by atoms with Crippen LogP contribution in [0.15, 0.2) is 18.2 Å². The standard InChI is InChI=1S/C17H22N4O3/c18-7-2-8-19-9-11-3-1-4-12-13(11)10-21(17(12)24)14-5-6-15(22)20-16(14)23/h1,3-4,14,19H,2,5-10,18H2,(H,20,22,23). The van der Waals surface area contributed by atoms with Gasteiger partial charge in [0.1, 0.15) is 6.04 Å². The Morgan fingerprint density at radius 2 is 2.12 bits per heavy atom. The third-order valence-corrected chi connectivity index (χ3v) is 4.55. The fourth-order valence-corrected chi connectivity index (χ4v) is 3.27. The lowest BCUT2D eigenvalue weighted by Crippen LogP contribution is -2.52. The van der Waals surface area contributed by atoms with E-state index in [-0.39, 0.29) is 24.1 Å². The van der Waals surface area contributed by atoms with Crippen molar-refractivity contribution in [2.45, 2.75) is 38.4 Å². The summed E-state index contributed by atoms with van der Waals surface area (Å²) in [6.45, 7) is 2.54. The number of imide groups is 1. The van der Waals surface area contributed by atoms with E-state index in [1.54, 1.807) is 11.0 Å². The maximum Gasteiger partial charge on any atom is 0.255 e. The molecule has 1 fully saturated rings. The number of carbonyl (C=O) groups is 3. The SMILES string of the molecule is NCCCNCc1cccc2c1CN(C1CCC(=O)NC1=O)C2=O. The van der Waals surface area contributed by atoms with Gasteiger partial charge < -0.3 is 16.0 Å². The lowest BCUT2D eigenvalue weighted by molar-refractivity contribution is -0.136. The molecule has 2 aliphatic rings. The molecule has 3 rings (SSSR count). The third kappa shape index (κ3) is 3.18. The van der Waals surface area contributed by atoms with E-state index in [1.807, 2.05) is 12.1 Å². The molecule has 1 atom stereocenters. The fraction of sp³-hybridized carbons (Fsp3) is 0.471. The van der Waals surface area contributed by atoms with Crippen LogP contribution in [-0.4, -0.2) is 41.8 Å². The first-order chi connectivity index (χ1) is 11.6. The normalized spacial score (nSPS) is 20.3. The molecule has 1 aromatic rings. The van der Waals surface area contributed by atoms with Gasteiger partial charge in [-0.25, -0.2) is 0 Å². The number of fused-ring (bicyclic) bond motifs is 1. The van der Waals surface area contributed by atoms with E-state index >= 15 is 0 Å². The largest absolute Gasteiger partial charge is 0.330 e. The number of benzene rings is 1. The van der Waals surface area contributed by atoms with Crippen molar-refractivity contribution in [2.75, 3.05) is 13.1 Å². The Hall–Kier alpha value is -2.25. The summed E-state index contributed by atoms with van der Waals surface area (Å²) in [6, 6.07) is 5.09. The zero-order valence-corrected chi connectivity index (χ0v) is 13.5. The highest BCUT2D eigenvalue weighted by atomic mass is 16.2. The van der Waals surface area contributed by atoms with Gasteiger partial charge in [0.2, 0.25) is 11.8 Å². The minimum absolute atomic E-state index is 0.136. The zero-order chi connectivity index (χ0) is 17.1. The van der Waals surface area contributed by atoms with E-state index < -0.39 is 6.04 Å². The molecular formula is C17H22N4O3. The molecule has 0 spiro atoms. The van der Waals surface area contributed by atoms with E-state index in [0.29, 0.717) is 31.6 Å². The minimum Gasteiger partial charge on any atom is -0.330 e. The van der Waals surface area contributed by atoms with Crippen LogP contribution in [0.1, 0.15) is 40.7 Å². The number of hydrogen-bond acceptors (Lipinski definition) is 5. The maximum absolute atomic E-state index is 12.7. The molecule has 7 heteroatoms. The van der Waals surface area contributed by atoms with Crippen LogP contribution in [0.5, 0.6) is 0 Å². The molecule has 7 nitrogen and oxygen atoms in total. The van der Waals surface area contributed by atoms with Crippen LogP contribution in [0.4, 0.5) is 0 Å². The van der Waals surface area contributed by atoms with Gasteiger partial charge in [-0.2, -0.15) is 0 Å². The predicted molar refractivity (Wildman–Crippen MR) is 87.9 cm³/mol. The topological polar surface area (TPSA) is 105 Å². The lowest BCUT2D eigenvalue weighted by Gasteiger charge is -2.29. The number of nitrogens with zero attached hydrogens (tertiary/aromatic N) is 1. The monoisotopic (exact) mass is 330 g/mol. The first-order valence-electron chi connectivity index (χ1n) is 8.28. The summed E-state index contributed by atoms with van der Waals surface area (Å²) in [4.78, 5) is 37.6. The lowest BCUT2D eigenvalue weighted by atomic mass is 10.0. The Balaban J connectivity index is 1.75. The molecule has 2 aliphatic heterocycles. The zero-order valence-electron chi connectivity index (χ0n) is 13.5. The molecule has 0 aromatic heterocycles. The molecule has 128 valence electrons. The smallest absolute Gasteiger partial charge is 0.255 e. The number of rotatable bonds is 6. The summed E-state index contributed by atoms with van der Waals surface area (Å²) >= 11 is 0. The van der Waals surface area contributed by atoms with Crippen LogP contribution in [0.25, 0.3) is 0 Å². The van der Waals surface area contributed by atoms with Crippen molar-refractivity contribution >= 4 is 17.7 Å². The molecule has 0 radical (unpaired) electrons. The number of amides is 3. The van der Waals surface area contributed by atoms with Gasteiger partial charge in [-0.3, -0.25) is 19.7 Å². The third-order valence-electron chi connectivity index (χ3n) is 4.55. The predicted octanol–water partition coefficient (Wildman–Crippen LogP) is -0.114. The molecule has 0 bridgehead atoms. The molecule has 1 aromatic carbocycles.